The number of rotatable bonds is 4. The van der Waals surface area contributed by atoms with E-state index >= 15 is 0 Å². The van der Waals surface area contributed by atoms with Gasteiger partial charge in [0.2, 0.25) is 0 Å². The molecular formula is C11H12N2O4S. The molecule has 0 atom stereocenters. The smallest absolute Gasteiger partial charge is 0.309 e. The predicted molar refractivity (Wildman–Crippen MR) is 63.6 cm³/mol. The summed E-state index contributed by atoms with van der Waals surface area (Å²) in [4.78, 5) is 34.3. The van der Waals surface area contributed by atoms with Crippen LogP contribution in [0, 0.1) is 5.92 Å². The SMILES string of the molecule is O=C(COC(=O)C1CC1)NNC(=O)c1cccs1. The van der Waals surface area contributed by atoms with Gasteiger partial charge in [-0.2, -0.15) is 0 Å². The van der Waals surface area contributed by atoms with Crippen molar-refractivity contribution >= 4 is 29.1 Å². The van der Waals surface area contributed by atoms with Gasteiger partial charge in [-0.25, -0.2) is 0 Å². The molecule has 0 spiro atoms. The van der Waals surface area contributed by atoms with Gasteiger partial charge >= 0.3 is 5.97 Å². The quantitative estimate of drug-likeness (QED) is 0.614. The van der Waals surface area contributed by atoms with Gasteiger partial charge in [0, 0.05) is 0 Å². The molecule has 0 bridgehead atoms. The third kappa shape index (κ3) is 3.56. The molecule has 0 unspecified atom stereocenters. The predicted octanol–water partition coefficient (Wildman–Crippen LogP) is 0.462. The van der Waals surface area contributed by atoms with Crippen LogP contribution in [0.3, 0.4) is 0 Å². The van der Waals surface area contributed by atoms with Gasteiger partial charge in [-0.1, -0.05) is 6.07 Å². The third-order valence-corrected chi connectivity index (χ3v) is 3.19. The first kappa shape index (κ1) is 12.6. The highest BCUT2D eigenvalue weighted by Gasteiger charge is 2.31. The molecule has 0 radical (unpaired) electrons. The highest BCUT2D eigenvalue weighted by atomic mass is 32.1. The van der Waals surface area contributed by atoms with Gasteiger partial charge < -0.3 is 4.74 Å². The van der Waals surface area contributed by atoms with Crippen LogP contribution in [0.25, 0.3) is 0 Å². The van der Waals surface area contributed by atoms with Crippen molar-refractivity contribution in [2.24, 2.45) is 5.92 Å². The summed E-state index contributed by atoms with van der Waals surface area (Å²) in [7, 11) is 0. The van der Waals surface area contributed by atoms with Crippen LogP contribution in [0.2, 0.25) is 0 Å². The average molecular weight is 268 g/mol. The normalized spacial score (nSPS) is 13.8. The van der Waals surface area contributed by atoms with Gasteiger partial charge in [0.05, 0.1) is 10.8 Å². The Morgan fingerprint density at radius 3 is 2.72 bits per heavy atom. The number of esters is 1. The van der Waals surface area contributed by atoms with E-state index in [1.165, 1.54) is 11.3 Å². The molecule has 1 aromatic heterocycles. The van der Waals surface area contributed by atoms with Gasteiger partial charge in [0.1, 0.15) is 0 Å². The Balaban J connectivity index is 1.65. The lowest BCUT2D eigenvalue weighted by atomic mass is 10.4. The number of thiophene rings is 1. The van der Waals surface area contributed by atoms with Crippen LogP contribution in [-0.2, 0) is 14.3 Å². The number of nitrogens with one attached hydrogen (secondary N) is 2. The van der Waals surface area contributed by atoms with E-state index in [1.54, 1.807) is 17.5 Å². The number of amides is 2. The number of carbonyl (C=O) groups excluding carboxylic acids is 3. The van der Waals surface area contributed by atoms with Crippen LogP contribution < -0.4 is 10.9 Å². The minimum absolute atomic E-state index is 0.0430. The fourth-order valence-electron chi connectivity index (χ4n) is 1.21. The maximum Gasteiger partial charge on any atom is 0.309 e. The summed E-state index contributed by atoms with van der Waals surface area (Å²) >= 11 is 1.26. The number of carbonyl (C=O) groups is 3. The van der Waals surface area contributed by atoms with E-state index in [2.05, 4.69) is 10.9 Å². The first-order valence-electron chi connectivity index (χ1n) is 5.46. The van der Waals surface area contributed by atoms with Crippen LogP contribution in [0.15, 0.2) is 17.5 Å². The Kier molecular flexibility index (Phi) is 3.93. The van der Waals surface area contributed by atoms with E-state index < -0.39 is 11.8 Å². The molecule has 1 fully saturated rings. The lowest BCUT2D eigenvalue weighted by Gasteiger charge is -2.06. The van der Waals surface area contributed by atoms with Crippen molar-refractivity contribution in [1.29, 1.82) is 0 Å². The summed E-state index contributed by atoms with van der Waals surface area (Å²) in [6.07, 6.45) is 1.66. The molecule has 2 amide bonds. The molecule has 7 heteroatoms. The van der Waals surface area contributed by atoms with Gasteiger partial charge in [0.25, 0.3) is 11.8 Å². The van der Waals surface area contributed by atoms with Gasteiger partial charge in [-0.05, 0) is 24.3 Å². The maximum absolute atomic E-state index is 11.4. The summed E-state index contributed by atoms with van der Waals surface area (Å²) in [6.45, 7) is -0.375. The van der Waals surface area contributed by atoms with Crippen molar-refractivity contribution in [2.45, 2.75) is 12.8 Å². The van der Waals surface area contributed by atoms with Gasteiger partial charge in [-0.15, -0.1) is 11.3 Å². The molecule has 0 saturated heterocycles. The number of ether oxygens (including phenoxy) is 1. The van der Waals surface area contributed by atoms with Crippen LogP contribution in [0.4, 0.5) is 0 Å². The summed E-state index contributed by atoms with van der Waals surface area (Å²) < 4.78 is 4.75. The second kappa shape index (κ2) is 5.63. The first-order chi connectivity index (χ1) is 8.66. The average Bonchev–Trinajstić information content (AvgIpc) is 3.08. The van der Waals surface area contributed by atoms with E-state index in [9.17, 15) is 14.4 Å². The third-order valence-electron chi connectivity index (χ3n) is 2.32. The van der Waals surface area contributed by atoms with E-state index in [0.29, 0.717) is 4.88 Å². The molecule has 0 aliphatic heterocycles. The molecule has 2 N–H and O–H groups in total. The summed E-state index contributed by atoms with van der Waals surface area (Å²) in [5, 5.41) is 1.76. The second-order valence-electron chi connectivity index (χ2n) is 3.86. The first-order valence-corrected chi connectivity index (χ1v) is 6.34. The number of hydrazine groups is 1. The standard InChI is InChI=1S/C11H12N2O4S/c14-9(6-17-11(16)7-3-4-7)12-13-10(15)8-2-1-5-18-8/h1-2,5,7H,3-4,6H2,(H,12,14)(H,13,15). The zero-order valence-corrected chi connectivity index (χ0v) is 10.3. The van der Waals surface area contributed by atoms with Crippen molar-refractivity contribution in [3.63, 3.8) is 0 Å². The molecule has 6 nitrogen and oxygen atoms in total. The van der Waals surface area contributed by atoms with E-state index in [4.69, 9.17) is 4.74 Å². The van der Waals surface area contributed by atoms with Crippen molar-refractivity contribution in [1.82, 2.24) is 10.9 Å². The zero-order chi connectivity index (χ0) is 13.0. The monoisotopic (exact) mass is 268 g/mol. The van der Waals surface area contributed by atoms with Crippen LogP contribution in [0.1, 0.15) is 22.5 Å². The highest BCUT2D eigenvalue weighted by molar-refractivity contribution is 7.12. The Hall–Kier alpha value is -1.89. The fraction of sp³-hybridized carbons (Fsp3) is 0.364. The molecule has 0 aromatic carbocycles. The minimum Gasteiger partial charge on any atom is -0.455 e. The van der Waals surface area contributed by atoms with Crippen molar-refractivity contribution in [2.75, 3.05) is 6.61 Å². The Labute approximate surface area is 107 Å². The summed E-state index contributed by atoms with van der Waals surface area (Å²) in [5.41, 5.74) is 4.41. The van der Waals surface area contributed by atoms with E-state index in [-0.39, 0.29) is 18.5 Å². The summed E-state index contributed by atoms with van der Waals surface area (Å²) in [5.74, 6) is -1.35. The Bertz CT molecular complexity index is 454. The molecule has 18 heavy (non-hydrogen) atoms. The zero-order valence-electron chi connectivity index (χ0n) is 9.47. The molecule has 1 aliphatic carbocycles. The number of hydrogen-bond acceptors (Lipinski definition) is 5. The largest absolute Gasteiger partial charge is 0.455 e. The molecule has 1 aromatic rings. The molecule has 1 saturated carbocycles. The molecule has 96 valence electrons. The van der Waals surface area contributed by atoms with Gasteiger partial charge in [-0.3, -0.25) is 25.2 Å². The topological polar surface area (TPSA) is 84.5 Å². The minimum atomic E-state index is -0.561. The van der Waals surface area contributed by atoms with Crippen molar-refractivity contribution in [3.8, 4) is 0 Å². The molecule has 1 aliphatic rings. The molecule has 1 heterocycles. The lowest BCUT2D eigenvalue weighted by Crippen LogP contribution is -2.43. The molecular weight excluding hydrogens is 256 g/mol. The highest BCUT2D eigenvalue weighted by Crippen LogP contribution is 2.29. The van der Waals surface area contributed by atoms with E-state index in [0.717, 1.165) is 12.8 Å². The van der Waals surface area contributed by atoms with Gasteiger partial charge in [0.15, 0.2) is 6.61 Å². The van der Waals surface area contributed by atoms with Crippen LogP contribution >= 0.6 is 11.3 Å². The van der Waals surface area contributed by atoms with Crippen LogP contribution in [0.5, 0.6) is 0 Å². The van der Waals surface area contributed by atoms with E-state index in [1.807, 2.05) is 0 Å². The van der Waals surface area contributed by atoms with Crippen molar-refractivity contribution < 1.29 is 19.1 Å². The van der Waals surface area contributed by atoms with Crippen LogP contribution in [-0.4, -0.2) is 24.4 Å². The number of hydrogen-bond donors (Lipinski definition) is 2. The fourth-order valence-corrected chi connectivity index (χ4v) is 1.82. The lowest BCUT2D eigenvalue weighted by molar-refractivity contribution is -0.149. The Morgan fingerprint density at radius 2 is 2.11 bits per heavy atom. The Morgan fingerprint density at radius 1 is 1.33 bits per heavy atom. The molecule has 2 rings (SSSR count). The second-order valence-corrected chi connectivity index (χ2v) is 4.81. The maximum atomic E-state index is 11.4. The summed E-state index contributed by atoms with van der Waals surface area (Å²) in [6, 6.07) is 3.37. The van der Waals surface area contributed by atoms with Crippen molar-refractivity contribution in [3.05, 3.63) is 22.4 Å².